The molecule has 2 aliphatic heterocycles. The Morgan fingerprint density at radius 1 is 1.17 bits per heavy atom. The quantitative estimate of drug-likeness (QED) is 0.836. The molecule has 0 bridgehead atoms. The van der Waals surface area contributed by atoms with Crippen molar-refractivity contribution in [3.8, 4) is 0 Å². The summed E-state index contributed by atoms with van der Waals surface area (Å²) in [6, 6.07) is 10.7. The van der Waals surface area contributed by atoms with E-state index < -0.39 is 0 Å². The normalized spacial score (nSPS) is 21.8. The van der Waals surface area contributed by atoms with Gasteiger partial charge in [0.1, 0.15) is 0 Å². The van der Waals surface area contributed by atoms with E-state index in [2.05, 4.69) is 34.5 Å². The van der Waals surface area contributed by atoms with E-state index in [1.54, 1.807) is 0 Å². The Labute approximate surface area is 145 Å². The smallest absolute Gasteiger partial charge is 0.222 e. The SMILES string of the molecule is O=C(CCC1CCNCC1)N(CCc1ccccc1)C1CCOC1. The highest BCUT2D eigenvalue weighted by molar-refractivity contribution is 5.76. The zero-order chi connectivity index (χ0) is 16.6. The fraction of sp³-hybridized carbons (Fsp3) is 0.650. The van der Waals surface area contributed by atoms with Gasteiger partial charge in [-0.2, -0.15) is 0 Å². The van der Waals surface area contributed by atoms with Gasteiger partial charge in [-0.25, -0.2) is 0 Å². The third-order valence-corrected chi connectivity index (χ3v) is 5.38. The van der Waals surface area contributed by atoms with Crippen molar-refractivity contribution in [1.29, 1.82) is 0 Å². The van der Waals surface area contributed by atoms with Gasteiger partial charge < -0.3 is 15.0 Å². The molecule has 2 heterocycles. The number of hydrogen-bond donors (Lipinski definition) is 1. The predicted molar refractivity (Wildman–Crippen MR) is 95.9 cm³/mol. The van der Waals surface area contributed by atoms with Crippen LogP contribution in [0.5, 0.6) is 0 Å². The molecule has 0 radical (unpaired) electrons. The average Bonchev–Trinajstić information content (AvgIpc) is 3.16. The monoisotopic (exact) mass is 330 g/mol. The highest BCUT2D eigenvalue weighted by Crippen LogP contribution is 2.21. The van der Waals surface area contributed by atoms with Crippen LogP contribution in [0.1, 0.15) is 37.7 Å². The number of amides is 1. The number of nitrogens with one attached hydrogen (secondary N) is 1. The first-order chi connectivity index (χ1) is 11.8. The molecule has 2 fully saturated rings. The van der Waals surface area contributed by atoms with Crippen LogP contribution in [0.2, 0.25) is 0 Å². The molecule has 1 amide bonds. The van der Waals surface area contributed by atoms with Crippen molar-refractivity contribution in [3.63, 3.8) is 0 Å². The van der Waals surface area contributed by atoms with E-state index in [1.807, 2.05) is 6.07 Å². The summed E-state index contributed by atoms with van der Waals surface area (Å²) < 4.78 is 5.53. The first-order valence-corrected chi connectivity index (χ1v) is 9.45. The van der Waals surface area contributed by atoms with E-state index >= 15 is 0 Å². The lowest BCUT2D eigenvalue weighted by Gasteiger charge is -2.29. The summed E-state index contributed by atoms with van der Waals surface area (Å²) in [4.78, 5) is 14.9. The van der Waals surface area contributed by atoms with E-state index in [9.17, 15) is 4.79 Å². The molecule has 24 heavy (non-hydrogen) atoms. The van der Waals surface area contributed by atoms with Crippen LogP contribution in [-0.4, -0.2) is 49.7 Å². The topological polar surface area (TPSA) is 41.6 Å². The van der Waals surface area contributed by atoms with Crippen LogP contribution in [0, 0.1) is 5.92 Å². The van der Waals surface area contributed by atoms with Crippen LogP contribution in [0.25, 0.3) is 0 Å². The molecular formula is C20H30N2O2. The third-order valence-electron chi connectivity index (χ3n) is 5.38. The number of ether oxygens (including phenoxy) is 1. The largest absolute Gasteiger partial charge is 0.379 e. The van der Waals surface area contributed by atoms with Gasteiger partial charge in [0.25, 0.3) is 0 Å². The fourth-order valence-electron chi connectivity index (χ4n) is 3.81. The molecule has 1 N–H and O–H groups in total. The maximum absolute atomic E-state index is 12.8. The summed E-state index contributed by atoms with van der Waals surface area (Å²) >= 11 is 0. The fourth-order valence-corrected chi connectivity index (χ4v) is 3.81. The summed E-state index contributed by atoms with van der Waals surface area (Å²) in [5.74, 6) is 1.03. The van der Waals surface area contributed by atoms with E-state index in [0.29, 0.717) is 24.9 Å². The van der Waals surface area contributed by atoms with Crippen molar-refractivity contribution in [3.05, 3.63) is 35.9 Å². The molecule has 1 aromatic rings. The highest BCUT2D eigenvalue weighted by atomic mass is 16.5. The molecule has 0 saturated carbocycles. The van der Waals surface area contributed by atoms with Crippen molar-refractivity contribution in [2.75, 3.05) is 32.8 Å². The number of carbonyl (C=O) groups is 1. The zero-order valence-corrected chi connectivity index (χ0v) is 14.6. The summed E-state index contributed by atoms with van der Waals surface area (Å²) in [7, 11) is 0. The van der Waals surface area contributed by atoms with Crippen LogP contribution in [0.4, 0.5) is 0 Å². The van der Waals surface area contributed by atoms with Crippen molar-refractivity contribution in [2.24, 2.45) is 5.92 Å². The molecule has 1 atom stereocenters. The minimum absolute atomic E-state index is 0.272. The predicted octanol–water partition coefficient (Wildman–Crippen LogP) is 2.63. The van der Waals surface area contributed by atoms with Gasteiger partial charge in [0.2, 0.25) is 5.91 Å². The van der Waals surface area contributed by atoms with Crippen LogP contribution >= 0.6 is 0 Å². The van der Waals surface area contributed by atoms with Crippen LogP contribution in [-0.2, 0) is 16.0 Å². The number of piperidine rings is 1. The van der Waals surface area contributed by atoms with Crippen molar-refractivity contribution < 1.29 is 9.53 Å². The Kier molecular flexibility index (Phi) is 6.67. The van der Waals surface area contributed by atoms with Gasteiger partial charge in [0, 0.05) is 19.6 Å². The summed E-state index contributed by atoms with van der Waals surface area (Å²) in [6.45, 7) is 4.51. The molecule has 4 heteroatoms. The molecule has 0 aliphatic carbocycles. The Morgan fingerprint density at radius 3 is 2.67 bits per heavy atom. The molecule has 1 unspecified atom stereocenters. The van der Waals surface area contributed by atoms with Gasteiger partial charge in [0.05, 0.1) is 12.6 Å². The van der Waals surface area contributed by atoms with Gasteiger partial charge in [-0.05, 0) is 56.7 Å². The average molecular weight is 330 g/mol. The van der Waals surface area contributed by atoms with Crippen LogP contribution < -0.4 is 5.32 Å². The molecule has 2 aliphatic rings. The highest BCUT2D eigenvalue weighted by Gasteiger charge is 2.27. The van der Waals surface area contributed by atoms with Gasteiger partial charge in [-0.15, -0.1) is 0 Å². The van der Waals surface area contributed by atoms with Gasteiger partial charge in [-0.1, -0.05) is 30.3 Å². The lowest BCUT2D eigenvalue weighted by atomic mass is 9.93. The lowest BCUT2D eigenvalue weighted by Crippen LogP contribution is -2.42. The number of rotatable bonds is 7. The first kappa shape index (κ1) is 17.4. The molecule has 1 aromatic carbocycles. The standard InChI is InChI=1S/C20H30N2O2/c23-20(7-6-18-8-12-21-13-9-18)22(19-11-15-24-16-19)14-10-17-4-2-1-3-5-17/h1-5,18-19,21H,6-16H2. The van der Waals surface area contributed by atoms with Gasteiger partial charge >= 0.3 is 0 Å². The Balaban J connectivity index is 1.53. The second-order valence-electron chi connectivity index (χ2n) is 7.07. The van der Waals surface area contributed by atoms with E-state index in [1.165, 1.54) is 18.4 Å². The number of carbonyl (C=O) groups excluding carboxylic acids is 1. The maximum atomic E-state index is 12.8. The summed E-state index contributed by atoms with van der Waals surface area (Å²) in [5.41, 5.74) is 1.30. The zero-order valence-electron chi connectivity index (χ0n) is 14.6. The second-order valence-corrected chi connectivity index (χ2v) is 7.07. The number of benzene rings is 1. The van der Waals surface area contributed by atoms with Crippen molar-refractivity contribution >= 4 is 5.91 Å². The Morgan fingerprint density at radius 2 is 1.96 bits per heavy atom. The van der Waals surface area contributed by atoms with E-state index in [-0.39, 0.29) is 6.04 Å². The molecule has 132 valence electrons. The minimum atomic E-state index is 0.272. The minimum Gasteiger partial charge on any atom is -0.379 e. The van der Waals surface area contributed by atoms with Crippen molar-refractivity contribution in [2.45, 2.75) is 44.6 Å². The lowest BCUT2D eigenvalue weighted by molar-refractivity contribution is -0.134. The van der Waals surface area contributed by atoms with E-state index in [0.717, 1.165) is 45.5 Å². The van der Waals surface area contributed by atoms with Gasteiger partial charge in [0.15, 0.2) is 0 Å². The van der Waals surface area contributed by atoms with Gasteiger partial charge in [-0.3, -0.25) is 4.79 Å². The summed E-state index contributed by atoms with van der Waals surface area (Å²) in [6.07, 6.45) is 6.06. The van der Waals surface area contributed by atoms with Crippen LogP contribution in [0.15, 0.2) is 30.3 Å². The van der Waals surface area contributed by atoms with Crippen LogP contribution in [0.3, 0.4) is 0 Å². The summed E-state index contributed by atoms with van der Waals surface area (Å²) in [5, 5.41) is 3.40. The molecule has 4 nitrogen and oxygen atoms in total. The third kappa shape index (κ3) is 5.05. The molecule has 2 saturated heterocycles. The molecule has 0 spiro atoms. The number of nitrogens with zero attached hydrogens (tertiary/aromatic N) is 1. The first-order valence-electron chi connectivity index (χ1n) is 9.45. The Bertz CT molecular complexity index is 494. The maximum Gasteiger partial charge on any atom is 0.222 e. The van der Waals surface area contributed by atoms with E-state index in [4.69, 9.17) is 4.74 Å². The second kappa shape index (κ2) is 9.19. The molecule has 0 aromatic heterocycles. The molecular weight excluding hydrogens is 300 g/mol. The number of hydrogen-bond acceptors (Lipinski definition) is 3. The molecule has 3 rings (SSSR count). The van der Waals surface area contributed by atoms with Crippen molar-refractivity contribution in [1.82, 2.24) is 10.2 Å². The Hall–Kier alpha value is -1.39.